The van der Waals surface area contributed by atoms with E-state index in [-0.39, 0.29) is 25.8 Å². The largest absolute Gasteiger partial charge is 0.756 e. The Kier molecular flexibility index (Phi) is 36.2. The molecule has 52 heavy (non-hydrogen) atoms. The lowest BCUT2D eigenvalue weighted by molar-refractivity contribution is -0.870. The topological polar surface area (TPSA) is 94.1 Å². The number of hydrogen-bond acceptors (Lipinski definition) is 7. The van der Waals surface area contributed by atoms with Crippen LogP contribution in [0.15, 0.2) is 24.3 Å². The number of carbonyl (C=O) groups excluding carboxylic acids is 1. The van der Waals surface area contributed by atoms with Gasteiger partial charge in [-0.1, -0.05) is 141 Å². The van der Waals surface area contributed by atoms with Crippen LogP contribution in [0.1, 0.15) is 187 Å². The van der Waals surface area contributed by atoms with Crippen LogP contribution in [0.2, 0.25) is 0 Å². The van der Waals surface area contributed by atoms with Gasteiger partial charge in [-0.15, -0.1) is 0 Å². The summed E-state index contributed by atoms with van der Waals surface area (Å²) in [4.78, 5) is 25.0. The Morgan fingerprint density at radius 3 is 1.50 bits per heavy atom. The van der Waals surface area contributed by atoms with E-state index in [1.165, 1.54) is 135 Å². The van der Waals surface area contributed by atoms with Gasteiger partial charge in [-0.3, -0.25) is 9.36 Å². The Balaban J connectivity index is 4.24. The fourth-order valence-electron chi connectivity index (χ4n) is 5.83. The van der Waals surface area contributed by atoms with Crippen molar-refractivity contribution >= 4 is 13.8 Å². The molecule has 0 saturated heterocycles. The average Bonchev–Trinajstić information content (AvgIpc) is 3.09. The molecule has 0 radical (unpaired) electrons. The van der Waals surface area contributed by atoms with Crippen molar-refractivity contribution in [3.8, 4) is 0 Å². The molecule has 0 spiro atoms. The molecule has 0 aliphatic rings. The van der Waals surface area contributed by atoms with E-state index < -0.39 is 13.9 Å². The molecule has 2 atom stereocenters. The van der Waals surface area contributed by atoms with E-state index >= 15 is 0 Å². The van der Waals surface area contributed by atoms with Gasteiger partial charge in [-0.05, 0) is 64.2 Å². The van der Waals surface area contributed by atoms with Gasteiger partial charge < -0.3 is 27.9 Å². The molecule has 0 rings (SSSR count). The Morgan fingerprint density at radius 2 is 1.00 bits per heavy atom. The van der Waals surface area contributed by atoms with Crippen molar-refractivity contribution in [3.63, 3.8) is 0 Å². The van der Waals surface area contributed by atoms with Crippen LogP contribution >= 0.6 is 7.82 Å². The number of rotatable bonds is 40. The van der Waals surface area contributed by atoms with Gasteiger partial charge >= 0.3 is 5.97 Å². The molecule has 0 N–H and O–H groups in total. The Bertz CT molecular complexity index is 889. The van der Waals surface area contributed by atoms with Gasteiger partial charge in [-0.2, -0.15) is 0 Å². The molecule has 0 saturated carbocycles. The number of nitrogens with zero attached hydrogens (tertiary/aromatic N) is 1. The van der Waals surface area contributed by atoms with Crippen LogP contribution in [-0.2, 0) is 27.9 Å². The fraction of sp³-hybridized carbons (Fsp3) is 0.884. The van der Waals surface area contributed by atoms with E-state index in [4.69, 9.17) is 18.5 Å². The van der Waals surface area contributed by atoms with Crippen LogP contribution in [-0.4, -0.2) is 70.7 Å². The maximum absolute atomic E-state index is 12.7. The predicted molar refractivity (Wildman–Crippen MR) is 217 cm³/mol. The van der Waals surface area contributed by atoms with Gasteiger partial charge in [-0.25, -0.2) is 0 Å². The smallest absolute Gasteiger partial charge is 0.306 e. The summed E-state index contributed by atoms with van der Waals surface area (Å²) >= 11 is 0. The molecule has 0 fully saturated rings. The van der Waals surface area contributed by atoms with Crippen LogP contribution < -0.4 is 4.89 Å². The second-order valence-electron chi connectivity index (χ2n) is 15.7. The van der Waals surface area contributed by atoms with E-state index in [1.807, 2.05) is 21.1 Å². The zero-order valence-electron chi connectivity index (χ0n) is 34.8. The summed E-state index contributed by atoms with van der Waals surface area (Å²) in [7, 11) is 1.35. The number of unbranched alkanes of at least 4 members (excludes halogenated alkanes) is 22. The lowest BCUT2D eigenvalue weighted by atomic mass is 10.1. The van der Waals surface area contributed by atoms with Crippen molar-refractivity contribution in [2.75, 3.05) is 54.1 Å². The molecule has 308 valence electrons. The number of hydrogen-bond donors (Lipinski definition) is 0. The van der Waals surface area contributed by atoms with Crippen LogP contribution in [0.5, 0.6) is 0 Å². The van der Waals surface area contributed by atoms with Crippen molar-refractivity contribution in [1.82, 2.24) is 0 Å². The summed E-state index contributed by atoms with van der Waals surface area (Å²) < 4.78 is 34.5. The molecule has 0 aromatic rings. The summed E-state index contributed by atoms with van der Waals surface area (Å²) in [5.41, 5.74) is 0. The molecule has 0 aromatic heterocycles. The normalized spacial score (nSPS) is 14.0. The number of quaternary nitrogens is 1. The fourth-order valence-corrected chi connectivity index (χ4v) is 6.56. The number of phosphoric acid groups is 1. The van der Waals surface area contributed by atoms with Crippen LogP contribution in [0.4, 0.5) is 0 Å². The minimum atomic E-state index is -4.52. The lowest BCUT2D eigenvalue weighted by Gasteiger charge is -2.28. The average molecular weight is 758 g/mol. The molecule has 9 heteroatoms. The Hall–Kier alpha value is -1.02. The first-order chi connectivity index (χ1) is 25.1. The third kappa shape index (κ3) is 40.2. The summed E-state index contributed by atoms with van der Waals surface area (Å²) in [6.07, 6.45) is 40.4. The van der Waals surface area contributed by atoms with Gasteiger partial charge in [0.15, 0.2) is 0 Å². The van der Waals surface area contributed by atoms with E-state index in [0.717, 1.165) is 32.1 Å². The first-order valence-electron chi connectivity index (χ1n) is 21.6. The maximum Gasteiger partial charge on any atom is 0.306 e. The standard InChI is InChI=1S/C43H84NO7P/c1-6-8-10-12-14-16-18-20-21-22-23-24-26-28-30-32-34-36-43(45)51-42(41-50-52(46,47)49-39-37-44(3,4)5)40-48-38-35-33-31-29-27-25-19-17-15-13-11-9-7-2/h15,17,20-21,42H,6-14,16,18-19,22-41H2,1-5H3/b17-15-,21-20-. The summed E-state index contributed by atoms with van der Waals surface area (Å²) in [6.45, 7) is 5.38. The van der Waals surface area contributed by atoms with Crippen molar-refractivity contribution in [2.45, 2.75) is 193 Å². The van der Waals surface area contributed by atoms with Gasteiger partial charge in [0.25, 0.3) is 7.82 Å². The van der Waals surface area contributed by atoms with E-state index in [1.54, 1.807) is 0 Å². The number of phosphoric ester groups is 1. The SMILES string of the molecule is CCCCC/C=C\CCCCCCCCOCC(COP(=O)([O-])OCC[N+](C)(C)C)OC(=O)CCCCCCCCC/C=C\CCCCCCCC. The zero-order valence-corrected chi connectivity index (χ0v) is 35.7. The van der Waals surface area contributed by atoms with Crippen LogP contribution in [0.25, 0.3) is 0 Å². The highest BCUT2D eigenvalue weighted by Gasteiger charge is 2.20. The van der Waals surface area contributed by atoms with Gasteiger partial charge in [0.05, 0.1) is 34.4 Å². The van der Waals surface area contributed by atoms with Gasteiger partial charge in [0.1, 0.15) is 19.3 Å². The third-order valence-electron chi connectivity index (χ3n) is 9.23. The molecule has 8 nitrogen and oxygen atoms in total. The summed E-state index contributed by atoms with van der Waals surface area (Å²) in [5, 5.41) is 0. The third-order valence-corrected chi connectivity index (χ3v) is 10.2. The number of carbonyl (C=O) groups is 1. The number of esters is 1. The maximum atomic E-state index is 12.7. The summed E-state index contributed by atoms with van der Waals surface area (Å²) in [5.74, 6) is -0.340. The minimum Gasteiger partial charge on any atom is -0.756 e. The Morgan fingerprint density at radius 1 is 0.577 bits per heavy atom. The minimum absolute atomic E-state index is 0.0251. The number of allylic oxidation sites excluding steroid dienone is 4. The molecule has 0 aliphatic heterocycles. The highest BCUT2D eigenvalue weighted by molar-refractivity contribution is 7.45. The van der Waals surface area contributed by atoms with Crippen molar-refractivity contribution in [3.05, 3.63) is 24.3 Å². The second-order valence-corrected chi connectivity index (χ2v) is 17.1. The molecule has 0 aromatic carbocycles. The van der Waals surface area contributed by atoms with Gasteiger partial charge in [0.2, 0.25) is 0 Å². The monoisotopic (exact) mass is 758 g/mol. The van der Waals surface area contributed by atoms with Gasteiger partial charge in [0, 0.05) is 13.0 Å². The van der Waals surface area contributed by atoms with E-state index in [2.05, 4.69) is 38.2 Å². The summed E-state index contributed by atoms with van der Waals surface area (Å²) in [6, 6.07) is 0. The molecule has 2 unspecified atom stereocenters. The van der Waals surface area contributed by atoms with E-state index in [9.17, 15) is 14.3 Å². The van der Waals surface area contributed by atoms with Crippen molar-refractivity contribution in [1.29, 1.82) is 0 Å². The molecule has 0 heterocycles. The van der Waals surface area contributed by atoms with Crippen LogP contribution in [0, 0.1) is 0 Å². The predicted octanol–water partition coefficient (Wildman–Crippen LogP) is 11.8. The molecule has 0 amide bonds. The number of likely N-dealkylation sites (N-methyl/N-ethyl adjacent to an activating group) is 1. The van der Waals surface area contributed by atoms with Crippen molar-refractivity contribution in [2.24, 2.45) is 0 Å². The highest BCUT2D eigenvalue weighted by Crippen LogP contribution is 2.38. The first kappa shape index (κ1) is 51.0. The second kappa shape index (κ2) is 36.9. The lowest BCUT2D eigenvalue weighted by Crippen LogP contribution is -2.37. The quantitative estimate of drug-likeness (QED) is 0.0202. The van der Waals surface area contributed by atoms with Crippen LogP contribution in [0.3, 0.4) is 0 Å². The van der Waals surface area contributed by atoms with Crippen molar-refractivity contribution < 1.29 is 37.3 Å². The first-order valence-corrected chi connectivity index (χ1v) is 23.0. The number of ether oxygens (including phenoxy) is 2. The zero-order chi connectivity index (χ0) is 38.4. The van der Waals surface area contributed by atoms with E-state index in [0.29, 0.717) is 24.1 Å². The molecule has 0 aliphatic carbocycles. The molecule has 0 bridgehead atoms. The highest BCUT2D eigenvalue weighted by atomic mass is 31.2. The Labute approximate surface area is 322 Å². The molecular formula is C43H84NO7P. The molecular weight excluding hydrogens is 673 g/mol.